The van der Waals surface area contributed by atoms with Crippen LogP contribution in [0.1, 0.15) is 12.8 Å². The molecule has 0 amide bonds. The van der Waals surface area contributed by atoms with E-state index in [2.05, 4.69) is 0 Å². The van der Waals surface area contributed by atoms with Crippen molar-refractivity contribution in [2.24, 2.45) is 5.73 Å². The third-order valence-corrected chi connectivity index (χ3v) is 5.74. The van der Waals surface area contributed by atoms with Gasteiger partial charge in [0.25, 0.3) is 0 Å². The van der Waals surface area contributed by atoms with E-state index in [-0.39, 0.29) is 16.0 Å². The van der Waals surface area contributed by atoms with Crippen LogP contribution in [0.3, 0.4) is 0 Å². The molecule has 0 saturated carbocycles. The maximum Gasteiger partial charge on any atom is 0.244 e. The molecule has 0 spiro atoms. The van der Waals surface area contributed by atoms with Gasteiger partial charge in [0.1, 0.15) is 4.90 Å². The zero-order valence-electron chi connectivity index (χ0n) is 9.64. The molecule has 1 aliphatic rings. The van der Waals surface area contributed by atoms with Crippen molar-refractivity contribution >= 4 is 33.2 Å². The maximum atomic E-state index is 12.5. The predicted octanol–water partition coefficient (Wildman–Crippen LogP) is 2.11. The maximum absolute atomic E-state index is 12.5. The Morgan fingerprint density at radius 1 is 1.39 bits per heavy atom. The summed E-state index contributed by atoms with van der Waals surface area (Å²) in [6.45, 7) is 0.796. The molecule has 1 fully saturated rings. The highest BCUT2D eigenvalue weighted by Crippen LogP contribution is 2.31. The van der Waals surface area contributed by atoms with Gasteiger partial charge in [0, 0.05) is 24.2 Å². The van der Waals surface area contributed by atoms with Crippen molar-refractivity contribution in [3.8, 4) is 0 Å². The van der Waals surface area contributed by atoms with Crippen LogP contribution in [-0.2, 0) is 10.0 Å². The summed E-state index contributed by atoms with van der Waals surface area (Å²) in [5.74, 6) is 0. The molecule has 7 heteroatoms. The Kier molecular flexibility index (Phi) is 4.18. The molecule has 100 valence electrons. The second-order valence-electron chi connectivity index (χ2n) is 4.22. The summed E-state index contributed by atoms with van der Waals surface area (Å²) >= 11 is 11.8. The molecule has 1 saturated heterocycles. The number of benzene rings is 1. The number of rotatable bonds is 3. The fourth-order valence-corrected chi connectivity index (χ4v) is 4.61. The lowest BCUT2D eigenvalue weighted by molar-refractivity contribution is 0.393. The number of halogens is 2. The quantitative estimate of drug-likeness (QED) is 0.930. The first kappa shape index (κ1) is 14.1. The molecule has 18 heavy (non-hydrogen) atoms. The summed E-state index contributed by atoms with van der Waals surface area (Å²) in [5, 5.41) is 0.531. The molecular formula is C11H14Cl2N2O2S. The number of hydrogen-bond acceptors (Lipinski definition) is 3. The summed E-state index contributed by atoms with van der Waals surface area (Å²) in [5.41, 5.74) is 5.60. The average molecular weight is 309 g/mol. The van der Waals surface area contributed by atoms with Gasteiger partial charge in [0.05, 0.1) is 5.02 Å². The van der Waals surface area contributed by atoms with E-state index in [1.54, 1.807) is 6.07 Å². The Morgan fingerprint density at radius 3 is 2.78 bits per heavy atom. The third-order valence-electron chi connectivity index (χ3n) is 3.08. The van der Waals surface area contributed by atoms with Crippen LogP contribution < -0.4 is 5.73 Å². The lowest BCUT2D eigenvalue weighted by Gasteiger charge is -2.23. The van der Waals surface area contributed by atoms with Crippen molar-refractivity contribution in [2.75, 3.05) is 13.1 Å². The van der Waals surface area contributed by atoms with Crippen LogP contribution in [0.4, 0.5) is 0 Å². The topological polar surface area (TPSA) is 63.4 Å². The van der Waals surface area contributed by atoms with Gasteiger partial charge in [-0.25, -0.2) is 8.42 Å². The first-order chi connectivity index (χ1) is 8.46. The lowest BCUT2D eigenvalue weighted by atomic mass is 10.2. The van der Waals surface area contributed by atoms with E-state index in [0.29, 0.717) is 18.1 Å². The standard InChI is InChI=1S/C11H14Cl2N2O2S/c12-8-3-4-10(13)11(6-8)18(16,17)15-5-1-2-9(15)7-14/h3-4,6,9H,1-2,5,7,14H2. The molecule has 0 aromatic heterocycles. The van der Waals surface area contributed by atoms with Crippen molar-refractivity contribution in [3.05, 3.63) is 28.2 Å². The lowest BCUT2D eigenvalue weighted by Crippen LogP contribution is -2.39. The second-order valence-corrected chi connectivity index (χ2v) is 6.92. The van der Waals surface area contributed by atoms with Crippen LogP contribution in [0.15, 0.2) is 23.1 Å². The monoisotopic (exact) mass is 308 g/mol. The Hall–Kier alpha value is -0.330. The van der Waals surface area contributed by atoms with Crippen LogP contribution in [0, 0.1) is 0 Å². The fourth-order valence-electron chi connectivity index (χ4n) is 2.16. The van der Waals surface area contributed by atoms with E-state index in [0.717, 1.165) is 12.8 Å². The molecule has 1 aromatic rings. The molecule has 2 N–H and O–H groups in total. The fraction of sp³-hybridized carbons (Fsp3) is 0.455. The largest absolute Gasteiger partial charge is 0.329 e. The van der Waals surface area contributed by atoms with Crippen molar-refractivity contribution in [1.29, 1.82) is 0 Å². The van der Waals surface area contributed by atoms with Crippen LogP contribution in [0.5, 0.6) is 0 Å². The van der Waals surface area contributed by atoms with E-state index < -0.39 is 10.0 Å². The van der Waals surface area contributed by atoms with E-state index in [4.69, 9.17) is 28.9 Å². The van der Waals surface area contributed by atoms with Gasteiger partial charge in [0.2, 0.25) is 10.0 Å². The summed E-state index contributed by atoms with van der Waals surface area (Å²) in [7, 11) is -3.62. The van der Waals surface area contributed by atoms with Gasteiger partial charge in [0.15, 0.2) is 0 Å². The van der Waals surface area contributed by atoms with Crippen molar-refractivity contribution in [2.45, 2.75) is 23.8 Å². The molecule has 0 aliphatic carbocycles. The number of hydrogen-bond donors (Lipinski definition) is 1. The number of sulfonamides is 1. The highest BCUT2D eigenvalue weighted by Gasteiger charge is 2.35. The molecule has 1 heterocycles. The molecular weight excluding hydrogens is 295 g/mol. The molecule has 2 rings (SSSR count). The molecule has 0 radical (unpaired) electrons. The molecule has 1 unspecified atom stereocenters. The highest BCUT2D eigenvalue weighted by molar-refractivity contribution is 7.89. The smallest absolute Gasteiger partial charge is 0.244 e. The Labute approximate surface area is 117 Å². The Morgan fingerprint density at radius 2 is 2.11 bits per heavy atom. The Balaban J connectivity index is 2.45. The SMILES string of the molecule is NCC1CCCN1S(=O)(=O)c1cc(Cl)ccc1Cl. The van der Waals surface area contributed by atoms with Crippen LogP contribution in [-0.4, -0.2) is 31.9 Å². The zero-order valence-corrected chi connectivity index (χ0v) is 12.0. The van der Waals surface area contributed by atoms with Gasteiger partial charge >= 0.3 is 0 Å². The zero-order chi connectivity index (χ0) is 13.3. The molecule has 1 atom stereocenters. The van der Waals surface area contributed by atoms with Gasteiger partial charge < -0.3 is 5.73 Å². The first-order valence-corrected chi connectivity index (χ1v) is 7.83. The van der Waals surface area contributed by atoms with E-state index in [1.807, 2.05) is 0 Å². The van der Waals surface area contributed by atoms with Crippen molar-refractivity contribution in [1.82, 2.24) is 4.31 Å². The van der Waals surface area contributed by atoms with Crippen LogP contribution >= 0.6 is 23.2 Å². The normalized spacial score (nSPS) is 21.4. The van der Waals surface area contributed by atoms with Crippen molar-refractivity contribution in [3.63, 3.8) is 0 Å². The minimum Gasteiger partial charge on any atom is -0.329 e. The Bertz CT molecular complexity index is 548. The minimum atomic E-state index is -3.62. The van der Waals surface area contributed by atoms with Gasteiger partial charge in [-0.05, 0) is 31.0 Å². The van der Waals surface area contributed by atoms with Gasteiger partial charge in [-0.3, -0.25) is 0 Å². The predicted molar refractivity (Wildman–Crippen MR) is 72.4 cm³/mol. The third kappa shape index (κ3) is 2.51. The average Bonchev–Trinajstić information content (AvgIpc) is 2.81. The van der Waals surface area contributed by atoms with Gasteiger partial charge in [-0.1, -0.05) is 23.2 Å². The molecule has 1 aromatic carbocycles. The molecule has 0 bridgehead atoms. The first-order valence-electron chi connectivity index (χ1n) is 5.64. The summed E-state index contributed by atoms with van der Waals surface area (Å²) in [6, 6.07) is 4.29. The second kappa shape index (κ2) is 5.35. The molecule has 4 nitrogen and oxygen atoms in total. The summed E-state index contributed by atoms with van der Waals surface area (Å²) in [6.07, 6.45) is 1.60. The van der Waals surface area contributed by atoms with Gasteiger partial charge in [-0.15, -0.1) is 0 Å². The van der Waals surface area contributed by atoms with E-state index in [9.17, 15) is 8.42 Å². The van der Waals surface area contributed by atoms with Gasteiger partial charge in [-0.2, -0.15) is 4.31 Å². The van der Waals surface area contributed by atoms with Crippen LogP contribution in [0.2, 0.25) is 10.0 Å². The summed E-state index contributed by atoms with van der Waals surface area (Å²) in [4.78, 5) is 0.0528. The highest BCUT2D eigenvalue weighted by atomic mass is 35.5. The van der Waals surface area contributed by atoms with Crippen molar-refractivity contribution < 1.29 is 8.42 Å². The number of nitrogens with two attached hydrogens (primary N) is 1. The van der Waals surface area contributed by atoms with Crippen LogP contribution in [0.25, 0.3) is 0 Å². The number of nitrogens with zero attached hydrogens (tertiary/aromatic N) is 1. The summed E-state index contributed by atoms with van der Waals surface area (Å²) < 4.78 is 26.4. The minimum absolute atomic E-state index is 0.0528. The van der Waals surface area contributed by atoms with E-state index >= 15 is 0 Å². The van der Waals surface area contributed by atoms with E-state index in [1.165, 1.54) is 16.4 Å². The molecule has 1 aliphatic heterocycles.